The molecule has 1 unspecified atom stereocenters. The van der Waals surface area contributed by atoms with Crippen molar-refractivity contribution >= 4 is 23.4 Å². The van der Waals surface area contributed by atoms with E-state index in [1.165, 1.54) is 18.4 Å². The van der Waals surface area contributed by atoms with Gasteiger partial charge in [-0.15, -0.1) is 0 Å². The molecule has 1 aliphatic heterocycles. The zero-order chi connectivity index (χ0) is 25.1. The van der Waals surface area contributed by atoms with Crippen molar-refractivity contribution in [3.05, 3.63) is 84.5 Å². The molecule has 8 nitrogen and oxygen atoms in total. The number of benzene rings is 2. The number of nitrogens with zero attached hydrogens (tertiary/aromatic N) is 2. The molecular formula is C26H26N2O6S. The lowest BCUT2D eigenvalue weighted by Gasteiger charge is -2.24. The first-order valence-corrected chi connectivity index (χ1v) is 11.8. The highest BCUT2D eigenvalue weighted by molar-refractivity contribution is 7.07. The normalized spacial score (nSPS) is 15.3. The first-order valence-electron chi connectivity index (χ1n) is 11.0. The maximum absolute atomic E-state index is 13.6. The van der Waals surface area contributed by atoms with Crippen LogP contribution in [0.4, 0.5) is 0 Å². The van der Waals surface area contributed by atoms with Crippen molar-refractivity contribution < 1.29 is 23.7 Å². The van der Waals surface area contributed by atoms with Crippen LogP contribution in [0.1, 0.15) is 31.0 Å². The number of hydrogen-bond acceptors (Lipinski definition) is 8. The van der Waals surface area contributed by atoms with E-state index in [9.17, 15) is 9.59 Å². The Kier molecular flexibility index (Phi) is 7.07. The fourth-order valence-corrected chi connectivity index (χ4v) is 5.06. The second-order valence-corrected chi connectivity index (χ2v) is 8.70. The van der Waals surface area contributed by atoms with Gasteiger partial charge in [-0.05, 0) is 55.3 Å². The van der Waals surface area contributed by atoms with Gasteiger partial charge in [0.05, 0.1) is 49.8 Å². The predicted octanol–water partition coefficient (Wildman–Crippen LogP) is 2.82. The summed E-state index contributed by atoms with van der Waals surface area (Å²) in [5.74, 6) is 1.34. The van der Waals surface area contributed by atoms with Crippen LogP contribution in [-0.2, 0) is 9.53 Å². The molecule has 0 N–H and O–H groups in total. The molecule has 0 fully saturated rings. The van der Waals surface area contributed by atoms with Crippen LogP contribution in [0.15, 0.2) is 63.5 Å². The van der Waals surface area contributed by atoms with E-state index < -0.39 is 12.0 Å². The molecule has 2 heterocycles. The third-order valence-electron chi connectivity index (χ3n) is 5.64. The second kappa shape index (κ2) is 10.2. The topological polar surface area (TPSA) is 88.4 Å². The van der Waals surface area contributed by atoms with Crippen LogP contribution in [0.3, 0.4) is 0 Å². The molecule has 35 heavy (non-hydrogen) atoms. The van der Waals surface area contributed by atoms with Gasteiger partial charge in [-0.1, -0.05) is 29.5 Å². The molecule has 3 aromatic rings. The second-order valence-electron chi connectivity index (χ2n) is 7.69. The van der Waals surface area contributed by atoms with Crippen molar-refractivity contribution in [2.75, 3.05) is 27.9 Å². The van der Waals surface area contributed by atoms with E-state index in [0.29, 0.717) is 44.5 Å². The summed E-state index contributed by atoms with van der Waals surface area (Å²) in [5, 5.41) is 0. The third kappa shape index (κ3) is 4.59. The van der Waals surface area contributed by atoms with Crippen LogP contribution in [0.5, 0.6) is 17.2 Å². The molecule has 0 radical (unpaired) electrons. The maximum Gasteiger partial charge on any atom is 0.338 e. The number of esters is 1. The first kappa shape index (κ1) is 24.3. The minimum Gasteiger partial charge on any atom is -0.494 e. The SMILES string of the molecule is CCOc1ccc(C2C(C(=O)OC)=C(C)N=c3s/c(=C\c4ccc(OC)c(OC)c4)c(=O)n32)cc1. The fourth-order valence-electron chi connectivity index (χ4n) is 4.02. The zero-order valence-electron chi connectivity index (χ0n) is 20.2. The summed E-state index contributed by atoms with van der Waals surface area (Å²) in [7, 11) is 4.45. The number of hydrogen-bond donors (Lipinski definition) is 0. The van der Waals surface area contributed by atoms with Gasteiger partial charge < -0.3 is 18.9 Å². The molecule has 0 aliphatic carbocycles. The van der Waals surface area contributed by atoms with Gasteiger partial charge in [0.1, 0.15) is 5.75 Å². The predicted molar refractivity (Wildman–Crippen MR) is 133 cm³/mol. The fraction of sp³-hybridized carbons (Fsp3) is 0.269. The van der Waals surface area contributed by atoms with Crippen molar-refractivity contribution in [3.8, 4) is 17.2 Å². The van der Waals surface area contributed by atoms with E-state index in [1.807, 2.05) is 37.3 Å². The Hall–Kier alpha value is -3.85. The van der Waals surface area contributed by atoms with Crippen molar-refractivity contribution in [1.29, 1.82) is 0 Å². The van der Waals surface area contributed by atoms with Crippen molar-refractivity contribution in [2.45, 2.75) is 19.9 Å². The Labute approximate surface area is 206 Å². The Morgan fingerprint density at radius 1 is 1.09 bits per heavy atom. The highest BCUT2D eigenvalue weighted by Crippen LogP contribution is 2.32. The number of carbonyl (C=O) groups is 1. The van der Waals surface area contributed by atoms with Crippen LogP contribution in [0.25, 0.3) is 6.08 Å². The van der Waals surface area contributed by atoms with Crippen LogP contribution in [0.2, 0.25) is 0 Å². The van der Waals surface area contributed by atoms with Gasteiger partial charge >= 0.3 is 5.97 Å². The highest BCUT2D eigenvalue weighted by Gasteiger charge is 2.33. The molecule has 1 aromatic heterocycles. The smallest absolute Gasteiger partial charge is 0.338 e. The van der Waals surface area contributed by atoms with Crippen molar-refractivity contribution in [1.82, 2.24) is 4.57 Å². The molecule has 0 spiro atoms. The van der Waals surface area contributed by atoms with E-state index in [4.69, 9.17) is 18.9 Å². The summed E-state index contributed by atoms with van der Waals surface area (Å²) in [6.07, 6.45) is 1.78. The zero-order valence-corrected chi connectivity index (χ0v) is 21.0. The number of rotatable bonds is 7. The molecule has 0 amide bonds. The summed E-state index contributed by atoms with van der Waals surface area (Å²) in [4.78, 5) is 31.5. The number of methoxy groups -OCH3 is 3. The van der Waals surface area contributed by atoms with Gasteiger partial charge in [-0.3, -0.25) is 9.36 Å². The molecule has 2 aromatic carbocycles. The minimum absolute atomic E-state index is 0.253. The first-order chi connectivity index (χ1) is 16.9. The summed E-state index contributed by atoms with van der Waals surface area (Å²) < 4.78 is 23.3. The van der Waals surface area contributed by atoms with Gasteiger partial charge in [0, 0.05) is 0 Å². The van der Waals surface area contributed by atoms with Crippen LogP contribution >= 0.6 is 11.3 Å². The summed E-state index contributed by atoms with van der Waals surface area (Å²) in [6, 6.07) is 12.1. The highest BCUT2D eigenvalue weighted by atomic mass is 32.1. The van der Waals surface area contributed by atoms with Crippen LogP contribution in [0, 0.1) is 0 Å². The number of thiazole rings is 1. The maximum atomic E-state index is 13.6. The molecule has 0 bridgehead atoms. The van der Waals surface area contributed by atoms with E-state index in [1.54, 1.807) is 43.9 Å². The molecule has 182 valence electrons. The molecule has 4 rings (SSSR count). The number of allylic oxidation sites excluding steroid dienone is 1. The molecule has 1 atom stereocenters. The van der Waals surface area contributed by atoms with Gasteiger partial charge in [0.25, 0.3) is 5.56 Å². The van der Waals surface area contributed by atoms with Crippen LogP contribution in [-0.4, -0.2) is 38.5 Å². The van der Waals surface area contributed by atoms with Gasteiger partial charge in [0.2, 0.25) is 0 Å². The lowest BCUT2D eigenvalue weighted by molar-refractivity contribution is -0.136. The van der Waals surface area contributed by atoms with Crippen molar-refractivity contribution in [3.63, 3.8) is 0 Å². The summed E-state index contributed by atoms with van der Waals surface area (Å²) in [5.41, 5.74) is 2.10. The monoisotopic (exact) mass is 494 g/mol. The van der Waals surface area contributed by atoms with Crippen LogP contribution < -0.4 is 29.1 Å². The quantitative estimate of drug-likeness (QED) is 0.470. The van der Waals surface area contributed by atoms with E-state index >= 15 is 0 Å². The van der Waals surface area contributed by atoms with E-state index in [-0.39, 0.29) is 5.56 Å². The van der Waals surface area contributed by atoms with E-state index in [0.717, 1.165) is 11.1 Å². The van der Waals surface area contributed by atoms with Crippen molar-refractivity contribution in [2.24, 2.45) is 4.99 Å². The summed E-state index contributed by atoms with van der Waals surface area (Å²) in [6.45, 7) is 4.20. The molecule has 0 saturated heterocycles. The van der Waals surface area contributed by atoms with Gasteiger partial charge in [-0.25, -0.2) is 9.79 Å². The van der Waals surface area contributed by atoms with Gasteiger partial charge in [0.15, 0.2) is 16.3 Å². The Balaban J connectivity index is 1.90. The Bertz CT molecular complexity index is 1470. The number of carbonyl (C=O) groups excluding carboxylic acids is 1. The Morgan fingerprint density at radius 3 is 2.43 bits per heavy atom. The number of aromatic nitrogens is 1. The molecule has 0 saturated carbocycles. The minimum atomic E-state index is -0.679. The molecule has 9 heteroatoms. The average Bonchev–Trinajstić information content (AvgIpc) is 3.17. The number of ether oxygens (including phenoxy) is 4. The van der Waals surface area contributed by atoms with Gasteiger partial charge in [-0.2, -0.15) is 0 Å². The lowest BCUT2D eigenvalue weighted by atomic mass is 9.96. The lowest BCUT2D eigenvalue weighted by Crippen LogP contribution is -2.39. The van der Waals surface area contributed by atoms with E-state index in [2.05, 4.69) is 4.99 Å². The third-order valence-corrected chi connectivity index (χ3v) is 6.62. The standard InChI is InChI=1S/C26H26N2O6S/c1-6-34-18-10-8-17(9-11-18)23-22(25(30)33-5)15(2)27-26-28(23)24(29)21(35-26)14-16-7-12-19(31-3)20(13-16)32-4/h7-14,23H,6H2,1-5H3/b21-14-. The Morgan fingerprint density at radius 2 is 1.80 bits per heavy atom. The summed E-state index contributed by atoms with van der Waals surface area (Å²) >= 11 is 1.26. The molecule has 1 aliphatic rings. The average molecular weight is 495 g/mol. The number of fused-ring (bicyclic) bond motifs is 1. The largest absolute Gasteiger partial charge is 0.494 e. The molecular weight excluding hydrogens is 468 g/mol.